The molecule has 0 saturated heterocycles. The van der Waals surface area contributed by atoms with E-state index < -0.39 is 0 Å². The first-order valence-corrected chi connectivity index (χ1v) is 5.27. The smallest absolute Gasteiger partial charge is 0.185 e. The van der Waals surface area contributed by atoms with Crippen molar-refractivity contribution in [2.75, 3.05) is 0 Å². The predicted octanol–water partition coefficient (Wildman–Crippen LogP) is 2.84. The largest absolute Gasteiger partial charge is 0.328 e. The number of halogens is 2. The zero-order valence-electron chi connectivity index (χ0n) is 8.41. The first-order valence-electron chi connectivity index (χ1n) is 4.39. The molecule has 2 rings (SSSR count). The molecule has 3 nitrogen and oxygen atoms in total. The summed E-state index contributed by atoms with van der Waals surface area (Å²) >= 11 is 1.74. The molecule has 0 saturated carbocycles. The molecule has 0 spiro atoms. The van der Waals surface area contributed by atoms with Crippen LogP contribution in [0.15, 0.2) is 29.9 Å². The number of rotatable bonds is 4. The molecule has 2 aromatic rings. The van der Waals surface area contributed by atoms with Gasteiger partial charge in [0.05, 0.1) is 0 Å². The van der Waals surface area contributed by atoms with Crippen molar-refractivity contribution in [3.05, 3.63) is 40.6 Å². The molecule has 0 unspecified atom stereocenters. The highest BCUT2D eigenvalue weighted by Crippen LogP contribution is 2.10. The van der Waals surface area contributed by atoms with E-state index in [0.29, 0.717) is 5.82 Å². The van der Waals surface area contributed by atoms with Gasteiger partial charge in [0.25, 0.3) is 0 Å². The van der Waals surface area contributed by atoms with Crippen LogP contribution in [0.1, 0.15) is 15.5 Å². The maximum atomic E-state index is 10.6. The molecule has 0 radical (unpaired) electrons. The number of carbonyl (C=O) groups is 1. The van der Waals surface area contributed by atoms with Gasteiger partial charge in [-0.25, -0.2) is 4.98 Å². The van der Waals surface area contributed by atoms with Crippen molar-refractivity contribution in [1.29, 1.82) is 0 Å². The van der Waals surface area contributed by atoms with Gasteiger partial charge in [-0.15, -0.1) is 36.2 Å². The van der Waals surface area contributed by atoms with Gasteiger partial charge in [0, 0.05) is 23.8 Å². The second-order valence-corrected chi connectivity index (χ2v) is 3.96. The number of carbonyl (C=O) groups excluding carboxylic acids is 1. The number of aromatic nitrogens is 2. The van der Waals surface area contributed by atoms with E-state index >= 15 is 0 Å². The summed E-state index contributed by atoms with van der Waals surface area (Å²) in [5.41, 5.74) is 0. The Morgan fingerprint density at radius 1 is 1.44 bits per heavy atom. The second kappa shape index (κ2) is 7.44. The molecule has 0 aromatic carbocycles. The van der Waals surface area contributed by atoms with Crippen molar-refractivity contribution in [3.8, 4) is 0 Å². The molecule has 0 amide bonds. The fourth-order valence-electron chi connectivity index (χ4n) is 1.31. The summed E-state index contributed by atoms with van der Waals surface area (Å²) in [6.07, 6.45) is 5.22. The lowest BCUT2D eigenvalue weighted by atomic mass is 10.3. The summed E-state index contributed by atoms with van der Waals surface area (Å²) in [4.78, 5) is 15.8. The minimum Gasteiger partial charge on any atom is -0.328 e. The number of hydrogen-bond donors (Lipinski definition) is 0. The Hall–Kier alpha value is -0.840. The molecule has 0 bridgehead atoms. The normalized spacial score (nSPS) is 9.00. The average molecular weight is 279 g/mol. The number of aldehydes is 1. The Morgan fingerprint density at radius 3 is 2.88 bits per heavy atom. The van der Waals surface area contributed by atoms with Crippen LogP contribution in [0.5, 0.6) is 0 Å². The van der Waals surface area contributed by atoms with Crippen molar-refractivity contribution < 1.29 is 4.79 Å². The molecule has 6 heteroatoms. The maximum absolute atomic E-state index is 10.6. The van der Waals surface area contributed by atoms with Crippen LogP contribution < -0.4 is 0 Å². The van der Waals surface area contributed by atoms with Crippen molar-refractivity contribution in [3.63, 3.8) is 0 Å². The predicted molar refractivity (Wildman–Crippen MR) is 70.1 cm³/mol. The first kappa shape index (κ1) is 15.2. The molecular formula is C10H12Cl2N2OS. The number of nitrogens with zero attached hydrogens (tertiary/aromatic N) is 2. The van der Waals surface area contributed by atoms with Gasteiger partial charge in [0.2, 0.25) is 0 Å². The third kappa shape index (κ3) is 3.63. The average Bonchev–Trinajstić information content (AvgIpc) is 2.85. The summed E-state index contributed by atoms with van der Waals surface area (Å²) in [5, 5.41) is 2.06. The summed E-state index contributed by atoms with van der Waals surface area (Å²) in [5.74, 6) is 0.501. The van der Waals surface area contributed by atoms with E-state index in [-0.39, 0.29) is 24.8 Å². The van der Waals surface area contributed by atoms with E-state index in [1.165, 1.54) is 4.88 Å². The van der Waals surface area contributed by atoms with Gasteiger partial charge in [-0.05, 0) is 17.9 Å². The first-order chi connectivity index (χ1) is 6.90. The Labute approximate surface area is 110 Å². The monoisotopic (exact) mass is 278 g/mol. The maximum Gasteiger partial charge on any atom is 0.185 e. The van der Waals surface area contributed by atoms with Gasteiger partial charge in [-0.1, -0.05) is 6.07 Å². The van der Waals surface area contributed by atoms with Crippen molar-refractivity contribution >= 4 is 42.4 Å². The van der Waals surface area contributed by atoms with Crippen molar-refractivity contribution in [2.45, 2.75) is 13.0 Å². The van der Waals surface area contributed by atoms with E-state index in [0.717, 1.165) is 19.3 Å². The molecule has 0 fully saturated rings. The summed E-state index contributed by atoms with van der Waals surface area (Å²) in [6.45, 7) is 0.814. The molecule has 0 aliphatic heterocycles. The number of imidazole rings is 1. The van der Waals surface area contributed by atoms with Crippen LogP contribution in [0, 0.1) is 0 Å². The second-order valence-electron chi connectivity index (χ2n) is 2.93. The van der Waals surface area contributed by atoms with Gasteiger partial charge in [0.1, 0.15) is 0 Å². The third-order valence-electron chi connectivity index (χ3n) is 2.03. The van der Waals surface area contributed by atoms with Crippen LogP contribution in [-0.2, 0) is 13.0 Å². The zero-order valence-corrected chi connectivity index (χ0v) is 10.9. The van der Waals surface area contributed by atoms with E-state index in [1.54, 1.807) is 17.5 Å². The Kier molecular flexibility index (Phi) is 7.05. The molecule has 0 aliphatic carbocycles. The van der Waals surface area contributed by atoms with E-state index in [9.17, 15) is 4.79 Å². The molecule has 0 aliphatic rings. The van der Waals surface area contributed by atoms with Gasteiger partial charge in [-0.3, -0.25) is 4.79 Å². The van der Waals surface area contributed by atoms with E-state index in [2.05, 4.69) is 16.4 Å². The summed E-state index contributed by atoms with van der Waals surface area (Å²) in [7, 11) is 0. The lowest BCUT2D eigenvalue weighted by molar-refractivity contribution is 0.111. The molecule has 16 heavy (non-hydrogen) atoms. The van der Waals surface area contributed by atoms with Crippen molar-refractivity contribution in [2.24, 2.45) is 0 Å². The minimum absolute atomic E-state index is 0. The van der Waals surface area contributed by atoms with Crippen LogP contribution >= 0.6 is 36.2 Å². The standard InChI is InChI=1S/C10H10N2OS.2ClH/c13-8-10-11-4-6-12(10)5-3-9-2-1-7-14-9;;/h1-2,4,6-8H,3,5H2;2*1H. The van der Waals surface area contributed by atoms with E-state index in [1.807, 2.05) is 16.8 Å². The van der Waals surface area contributed by atoms with E-state index in [4.69, 9.17) is 0 Å². The van der Waals surface area contributed by atoms with Crippen molar-refractivity contribution in [1.82, 2.24) is 9.55 Å². The highest BCUT2D eigenvalue weighted by molar-refractivity contribution is 7.09. The number of hydrogen-bond acceptors (Lipinski definition) is 3. The minimum atomic E-state index is 0. The van der Waals surface area contributed by atoms with Gasteiger partial charge in [0.15, 0.2) is 12.1 Å². The van der Waals surface area contributed by atoms with Gasteiger partial charge in [-0.2, -0.15) is 0 Å². The Balaban J connectivity index is 0.00000112. The molecule has 88 valence electrons. The quantitative estimate of drug-likeness (QED) is 0.807. The fourth-order valence-corrected chi connectivity index (χ4v) is 2.01. The fraction of sp³-hybridized carbons (Fsp3) is 0.200. The third-order valence-corrected chi connectivity index (χ3v) is 2.97. The molecule has 2 heterocycles. The Morgan fingerprint density at radius 2 is 2.25 bits per heavy atom. The topological polar surface area (TPSA) is 34.9 Å². The highest BCUT2D eigenvalue weighted by Gasteiger charge is 2.01. The summed E-state index contributed by atoms with van der Waals surface area (Å²) in [6, 6.07) is 4.14. The SMILES string of the molecule is Cl.Cl.O=Cc1nccn1CCc1cccs1. The van der Waals surface area contributed by atoms with Crippen LogP contribution in [-0.4, -0.2) is 15.8 Å². The zero-order chi connectivity index (χ0) is 9.80. The van der Waals surface area contributed by atoms with Crippen LogP contribution in [0.3, 0.4) is 0 Å². The lowest BCUT2D eigenvalue weighted by Crippen LogP contribution is -2.03. The number of thiophene rings is 1. The Bertz CT molecular complexity index is 414. The molecule has 0 atom stereocenters. The molecule has 0 N–H and O–H groups in total. The molecule has 2 aromatic heterocycles. The number of aryl methyl sites for hydroxylation is 2. The highest BCUT2D eigenvalue weighted by atomic mass is 35.5. The van der Waals surface area contributed by atoms with Crippen LogP contribution in [0.25, 0.3) is 0 Å². The lowest BCUT2D eigenvalue weighted by Gasteiger charge is -2.01. The molecular weight excluding hydrogens is 267 g/mol. The van der Waals surface area contributed by atoms with Crippen LogP contribution in [0.2, 0.25) is 0 Å². The summed E-state index contributed by atoms with van der Waals surface area (Å²) < 4.78 is 1.87. The van der Waals surface area contributed by atoms with Gasteiger partial charge < -0.3 is 4.57 Å². The van der Waals surface area contributed by atoms with Gasteiger partial charge >= 0.3 is 0 Å². The van der Waals surface area contributed by atoms with Crippen LogP contribution in [0.4, 0.5) is 0 Å².